The molecule has 2 aromatic heterocycles. The van der Waals surface area contributed by atoms with Gasteiger partial charge in [-0.05, 0) is 87.9 Å². The first kappa shape index (κ1) is 30.6. The number of hydrogen-bond donors (Lipinski definition) is 2. The maximum absolute atomic E-state index is 13.6. The van der Waals surface area contributed by atoms with Crippen molar-refractivity contribution in [2.24, 2.45) is 0 Å². The van der Waals surface area contributed by atoms with Crippen LogP contribution >= 0.6 is 0 Å². The van der Waals surface area contributed by atoms with E-state index in [-0.39, 0.29) is 11.7 Å². The molecule has 0 bridgehead atoms. The Hall–Kier alpha value is -4.44. The molecular weight excluding hydrogens is 566 g/mol. The van der Waals surface area contributed by atoms with Crippen molar-refractivity contribution in [3.8, 4) is 17.1 Å². The molecule has 1 fully saturated rings. The van der Waals surface area contributed by atoms with Crippen LogP contribution in [0.5, 0.6) is 5.75 Å². The first-order chi connectivity index (χ1) is 21.9. The molecule has 1 saturated heterocycles. The molecule has 0 saturated carbocycles. The number of aromatic nitrogens is 3. The number of fused-ring (bicyclic) bond motifs is 3. The Balaban J connectivity index is 1.24. The number of benzene rings is 2. The van der Waals surface area contributed by atoms with Crippen LogP contribution in [-0.2, 0) is 25.7 Å². The minimum atomic E-state index is -0.286. The molecule has 2 aliphatic rings. The van der Waals surface area contributed by atoms with E-state index in [1.807, 2.05) is 30.5 Å². The van der Waals surface area contributed by atoms with Crippen molar-refractivity contribution >= 4 is 28.9 Å². The van der Waals surface area contributed by atoms with Crippen molar-refractivity contribution in [2.75, 3.05) is 49.8 Å². The molecule has 3 heterocycles. The Morgan fingerprint density at radius 2 is 1.82 bits per heavy atom. The summed E-state index contributed by atoms with van der Waals surface area (Å²) >= 11 is 0. The van der Waals surface area contributed by atoms with Crippen molar-refractivity contribution in [3.63, 3.8) is 0 Å². The lowest BCUT2D eigenvalue weighted by molar-refractivity contribution is 0.0986. The molecule has 236 valence electrons. The third-order valence-electron chi connectivity index (χ3n) is 9.19. The molecule has 4 aromatic rings. The fraction of sp³-hybridized carbons (Fsp3) is 0.429. The van der Waals surface area contributed by atoms with Gasteiger partial charge < -0.3 is 29.7 Å². The predicted octanol–water partition coefficient (Wildman–Crippen LogP) is 6.28. The monoisotopic (exact) mass is 609 g/mol. The molecule has 0 spiro atoms. The van der Waals surface area contributed by atoms with Gasteiger partial charge >= 0.3 is 0 Å². The number of methoxy groups -OCH3 is 1. The molecule has 1 amide bonds. The standard InChI is InChI=1S/C35H43N7O3/c1-6-22-10-8-11-23(7-2)30(22)38-34(43)33-27-13-9-12-24-21-36-35(39-31(24)32(27)40-45-33)37-28-15-14-26(20-29(28)44-5)42-18-16-25(17-19-42)41(3)4/h8,10-11,14-15,20-21,25H,6-7,9,12-13,16-19H2,1-5H3,(H,38,43)(H,36,37,39). The van der Waals surface area contributed by atoms with Crippen molar-refractivity contribution in [1.29, 1.82) is 0 Å². The zero-order valence-electron chi connectivity index (χ0n) is 26.9. The number of nitrogens with zero attached hydrogens (tertiary/aromatic N) is 5. The van der Waals surface area contributed by atoms with Crippen LogP contribution in [0, 0.1) is 0 Å². The number of para-hydroxylation sites is 1. The van der Waals surface area contributed by atoms with Gasteiger partial charge in [0, 0.05) is 48.3 Å². The number of carbonyl (C=O) groups is 1. The number of nitrogens with one attached hydrogen (secondary N) is 2. The smallest absolute Gasteiger partial charge is 0.294 e. The molecule has 0 radical (unpaired) electrons. The lowest BCUT2D eigenvalue weighted by Crippen LogP contribution is -2.41. The minimum absolute atomic E-state index is 0.241. The van der Waals surface area contributed by atoms with Gasteiger partial charge in [-0.3, -0.25) is 4.79 Å². The number of anilines is 4. The van der Waals surface area contributed by atoms with E-state index in [2.05, 4.69) is 70.6 Å². The normalized spacial score (nSPS) is 14.9. The highest BCUT2D eigenvalue weighted by Gasteiger charge is 2.29. The van der Waals surface area contributed by atoms with Crippen molar-refractivity contribution < 1.29 is 14.1 Å². The number of amides is 1. The van der Waals surface area contributed by atoms with Gasteiger partial charge in [0.15, 0.2) is 0 Å². The van der Waals surface area contributed by atoms with Gasteiger partial charge in [-0.15, -0.1) is 0 Å². The average molecular weight is 610 g/mol. The third-order valence-corrected chi connectivity index (χ3v) is 9.19. The van der Waals surface area contributed by atoms with Crippen LogP contribution in [0.2, 0.25) is 0 Å². The number of carbonyl (C=O) groups excluding carboxylic acids is 1. The van der Waals surface area contributed by atoms with Crippen molar-refractivity contribution in [3.05, 3.63) is 70.6 Å². The van der Waals surface area contributed by atoms with E-state index in [4.69, 9.17) is 14.2 Å². The van der Waals surface area contributed by atoms with E-state index < -0.39 is 0 Å². The van der Waals surface area contributed by atoms with E-state index in [1.54, 1.807) is 7.11 Å². The second kappa shape index (κ2) is 13.3. The van der Waals surface area contributed by atoms with Gasteiger partial charge in [0.25, 0.3) is 5.91 Å². The van der Waals surface area contributed by atoms with Gasteiger partial charge in [-0.2, -0.15) is 0 Å². The summed E-state index contributed by atoms with van der Waals surface area (Å²) in [6.07, 6.45) is 8.04. The number of rotatable bonds is 9. The summed E-state index contributed by atoms with van der Waals surface area (Å²) in [5.74, 6) is 1.11. The second-order valence-corrected chi connectivity index (χ2v) is 12.1. The van der Waals surface area contributed by atoms with Gasteiger partial charge in [0.05, 0.1) is 12.8 Å². The van der Waals surface area contributed by atoms with E-state index in [0.29, 0.717) is 29.8 Å². The fourth-order valence-electron chi connectivity index (χ4n) is 6.53. The zero-order chi connectivity index (χ0) is 31.5. The van der Waals surface area contributed by atoms with Crippen LogP contribution < -0.4 is 20.3 Å². The first-order valence-corrected chi connectivity index (χ1v) is 16.0. The minimum Gasteiger partial charge on any atom is -0.494 e. The summed E-state index contributed by atoms with van der Waals surface area (Å²) in [4.78, 5) is 27.8. The summed E-state index contributed by atoms with van der Waals surface area (Å²) < 4.78 is 11.5. The molecule has 0 unspecified atom stereocenters. The molecule has 2 N–H and O–H groups in total. The number of ether oxygens (including phenoxy) is 1. The maximum Gasteiger partial charge on any atom is 0.294 e. The quantitative estimate of drug-likeness (QED) is 0.227. The Morgan fingerprint density at radius 1 is 1.07 bits per heavy atom. The molecule has 0 atom stereocenters. The van der Waals surface area contributed by atoms with E-state index in [1.165, 1.54) is 0 Å². The van der Waals surface area contributed by atoms with Crippen LogP contribution in [0.25, 0.3) is 11.4 Å². The van der Waals surface area contributed by atoms with Gasteiger partial charge in [-0.1, -0.05) is 37.2 Å². The maximum atomic E-state index is 13.6. The zero-order valence-corrected chi connectivity index (χ0v) is 26.9. The SMILES string of the molecule is CCc1cccc(CC)c1NC(=O)c1onc2c1CCCc1cnc(Nc3ccc(N4CCC(N(C)C)CC4)cc3OC)nc1-2. The second-order valence-electron chi connectivity index (χ2n) is 12.1. The Bertz CT molecular complexity index is 1650. The highest BCUT2D eigenvalue weighted by atomic mass is 16.5. The molecular formula is C35H43N7O3. The largest absolute Gasteiger partial charge is 0.494 e. The lowest BCUT2D eigenvalue weighted by atomic mass is 10.0. The summed E-state index contributed by atoms with van der Waals surface area (Å²) in [5.41, 5.74) is 8.02. The summed E-state index contributed by atoms with van der Waals surface area (Å²) in [6, 6.07) is 13.0. The Kier molecular flexibility index (Phi) is 9.02. The molecule has 1 aliphatic carbocycles. The van der Waals surface area contributed by atoms with Crippen LogP contribution in [-0.4, -0.2) is 66.3 Å². The van der Waals surface area contributed by atoms with E-state index in [9.17, 15) is 4.79 Å². The van der Waals surface area contributed by atoms with E-state index >= 15 is 0 Å². The topological polar surface area (TPSA) is 109 Å². The van der Waals surface area contributed by atoms with Gasteiger partial charge in [-0.25, -0.2) is 9.97 Å². The molecule has 2 aromatic carbocycles. The number of piperidine rings is 1. The Labute approximate surface area is 265 Å². The van der Waals surface area contributed by atoms with Crippen LogP contribution in [0.3, 0.4) is 0 Å². The van der Waals surface area contributed by atoms with Gasteiger partial charge in [0.1, 0.15) is 17.1 Å². The van der Waals surface area contributed by atoms with Crippen molar-refractivity contribution in [2.45, 2.75) is 64.8 Å². The molecule has 1 aliphatic heterocycles. The summed E-state index contributed by atoms with van der Waals surface area (Å²) in [6.45, 7) is 6.20. The van der Waals surface area contributed by atoms with Crippen molar-refractivity contribution in [1.82, 2.24) is 20.0 Å². The van der Waals surface area contributed by atoms with Crippen LogP contribution in [0.4, 0.5) is 23.0 Å². The van der Waals surface area contributed by atoms with Gasteiger partial charge in [0.2, 0.25) is 11.7 Å². The highest BCUT2D eigenvalue weighted by molar-refractivity contribution is 6.05. The predicted molar refractivity (Wildman–Crippen MR) is 178 cm³/mol. The fourth-order valence-corrected chi connectivity index (χ4v) is 6.53. The molecule has 10 nitrogen and oxygen atoms in total. The lowest BCUT2D eigenvalue weighted by Gasteiger charge is -2.36. The molecule has 10 heteroatoms. The Morgan fingerprint density at radius 3 is 2.51 bits per heavy atom. The first-order valence-electron chi connectivity index (χ1n) is 16.0. The summed E-state index contributed by atoms with van der Waals surface area (Å²) in [5, 5.41) is 10.9. The molecule has 6 rings (SSSR count). The average Bonchev–Trinajstić information content (AvgIpc) is 3.41. The third kappa shape index (κ3) is 6.24. The number of hydrogen-bond acceptors (Lipinski definition) is 9. The van der Waals surface area contributed by atoms with E-state index in [0.717, 1.165) is 96.7 Å². The number of aryl methyl sites for hydroxylation is 3. The van der Waals surface area contributed by atoms with Crippen LogP contribution in [0.1, 0.15) is 65.9 Å². The van der Waals surface area contributed by atoms with Crippen LogP contribution in [0.15, 0.2) is 47.1 Å². The molecule has 45 heavy (non-hydrogen) atoms. The summed E-state index contributed by atoms with van der Waals surface area (Å²) in [7, 11) is 5.99. The highest BCUT2D eigenvalue weighted by Crippen LogP contribution is 2.36.